The Labute approximate surface area is 107 Å². The maximum Gasteiger partial charge on any atom is 0.237 e. The van der Waals surface area contributed by atoms with Crippen LogP contribution in [0.5, 0.6) is 0 Å². The van der Waals surface area contributed by atoms with E-state index < -0.39 is 0 Å². The largest absolute Gasteiger partial charge is 0.375 e. The average molecular weight is 268 g/mol. The highest BCUT2D eigenvalue weighted by Crippen LogP contribution is 2.38. The minimum absolute atomic E-state index is 0.540. The summed E-state index contributed by atoms with van der Waals surface area (Å²) in [4.78, 5) is 8.55. The summed E-state index contributed by atoms with van der Waals surface area (Å²) in [6.07, 6.45) is 2.38. The minimum atomic E-state index is 0.540. The fraction of sp³-hybridized carbons (Fsp3) is 0.500. The molecule has 0 amide bonds. The third-order valence-corrected chi connectivity index (χ3v) is 4.86. The van der Waals surface area contributed by atoms with Gasteiger partial charge in [-0.25, -0.2) is 4.98 Å². The molecule has 0 aliphatic heterocycles. The van der Waals surface area contributed by atoms with Gasteiger partial charge in [-0.2, -0.15) is 4.98 Å². The summed E-state index contributed by atoms with van der Waals surface area (Å²) in [6, 6.07) is 0. The molecular weight excluding hydrogens is 256 g/mol. The summed E-state index contributed by atoms with van der Waals surface area (Å²) in [7, 11) is 0. The highest BCUT2D eigenvalue weighted by atomic mass is 32.2. The molecular formula is C10H12N4OS2. The quantitative estimate of drug-likeness (QED) is 0.859. The summed E-state index contributed by atoms with van der Waals surface area (Å²) in [5.41, 5.74) is 6.61. The molecule has 1 fully saturated rings. The first-order chi connectivity index (χ1) is 8.22. The van der Waals surface area contributed by atoms with Crippen LogP contribution in [0, 0.1) is 6.92 Å². The average Bonchev–Trinajstić information content (AvgIpc) is 2.95. The second-order valence-electron chi connectivity index (χ2n) is 4.03. The molecule has 0 unspecified atom stereocenters. The van der Waals surface area contributed by atoms with Crippen molar-refractivity contribution in [3.8, 4) is 0 Å². The number of nitrogens with zero attached hydrogens (tertiary/aromatic N) is 3. The first-order valence-electron chi connectivity index (χ1n) is 5.40. The van der Waals surface area contributed by atoms with Crippen LogP contribution < -0.4 is 5.73 Å². The number of thioether (sulfide) groups is 1. The van der Waals surface area contributed by atoms with Crippen LogP contribution in [0.3, 0.4) is 0 Å². The predicted molar refractivity (Wildman–Crippen MR) is 67.1 cm³/mol. The van der Waals surface area contributed by atoms with Crippen LogP contribution >= 0.6 is 23.1 Å². The van der Waals surface area contributed by atoms with Gasteiger partial charge in [-0.15, -0.1) is 11.8 Å². The Morgan fingerprint density at radius 1 is 1.47 bits per heavy atom. The number of hydrogen-bond donors (Lipinski definition) is 1. The van der Waals surface area contributed by atoms with Crippen molar-refractivity contribution < 1.29 is 4.52 Å². The van der Waals surface area contributed by atoms with Gasteiger partial charge >= 0.3 is 0 Å². The zero-order valence-electron chi connectivity index (χ0n) is 9.34. The minimum Gasteiger partial charge on any atom is -0.375 e. The van der Waals surface area contributed by atoms with Crippen molar-refractivity contribution in [1.82, 2.24) is 15.1 Å². The van der Waals surface area contributed by atoms with Crippen LogP contribution in [0.1, 0.15) is 36.2 Å². The van der Waals surface area contributed by atoms with E-state index in [2.05, 4.69) is 15.1 Å². The molecule has 2 heterocycles. The molecule has 0 aromatic carbocycles. The van der Waals surface area contributed by atoms with Crippen LogP contribution in [0.15, 0.2) is 8.73 Å². The number of nitrogen functional groups attached to an aromatic ring is 1. The molecule has 1 aliphatic rings. The molecule has 0 saturated heterocycles. The Hall–Kier alpha value is -1.08. The number of anilines is 1. The van der Waals surface area contributed by atoms with Gasteiger partial charge in [0.15, 0.2) is 11.0 Å². The molecule has 0 bridgehead atoms. The van der Waals surface area contributed by atoms with Crippen LogP contribution in [-0.4, -0.2) is 15.1 Å². The number of thiazole rings is 1. The lowest BCUT2D eigenvalue weighted by Crippen LogP contribution is -1.84. The van der Waals surface area contributed by atoms with E-state index in [1.54, 1.807) is 11.8 Å². The standard InChI is InChI=1S/C10H12N4OS2/c1-5-9(17-10(11)12-5)16-4-7-13-8(14-15-7)6-2-3-6/h6H,2-4H2,1H3,(H2,11,12). The smallest absolute Gasteiger partial charge is 0.237 e. The lowest BCUT2D eigenvalue weighted by atomic mass is 10.4. The van der Waals surface area contributed by atoms with Gasteiger partial charge in [0.2, 0.25) is 5.89 Å². The van der Waals surface area contributed by atoms with Crippen molar-refractivity contribution in [2.75, 3.05) is 5.73 Å². The maximum atomic E-state index is 5.64. The summed E-state index contributed by atoms with van der Waals surface area (Å²) in [6.45, 7) is 1.96. The van der Waals surface area contributed by atoms with E-state index in [0.29, 0.717) is 22.7 Å². The van der Waals surface area contributed by atoms with Gasteiger partial charge in [-0.1, -0.05) is 16.5 Å². The van der Waals surface area contributed by atoms with Crippen molar-refractivity contribution in [2.24, 2.45) is 0 Å². The van der Waals surface area contributed by atoms with Crippen molar-refractivity contribution in [3.05, 3.63) is 17.4 Å². The molecule has 7 heteroatoms. The van der Waals surface area contributed by atoms with Crippen LogP contribution in [0.4, 0.5) is 5.13 Å². The summed E-state index contributed by atoms with van der Waals surface area (Å²) in [5.74, 6) is 2.77. The van der Waals surface area contributed by atoms with Crippen LogP contribution in [-0.2, 0) is 5.75 Å². The third kappa shape index (κ3) is 2.44. The zero-order chi connectivity index (χ0) is 11.8. The molecule has 17 heavy (non-hydrogen) atoms. The molecule has 2 aromatic heterocycles. The zero-order valence-corrected chi connectivity index (χ0v) is 11.0. The van der Waals surface area contributed by atoms with E-state index in [1.165, 1.54) is 24.2 Å². The van der Waals surface area contributed by atoms with E-state index >= 15 is 0 Å². The summed E-state index contributed by atoms with van der Waals surface area (Å²) >= 11 is 3.15. The van der Waals surface area contributed by atoms with Gasteiger partial charge in [0.1, 0.15) is 0 Å². The lowest BCUT2D eigenvalue weighted by Gasteiger charge is -1.93. The topological polar surface area (TPSA) is 77.8 Å². The molecule has 2 aromatic rings. The monoisotopic (exact) mass is 268 g/mol. The number of rotatable bonds is 4. The van der Waals surface area contributed by atoms with E-state index in [1.807, 2.05) is 6.92 Å². The Morgan fingerprint density at radius 2 is 2.29 bits per heavy atom. The SMILES string of the molecule is Cc1nc(N)sc1SCc1nc(C2CC2)no1. The van der Waals surface area contributed by atoms with Gasteiger partial charge < -0.3 is 10.3 Å². The maximum absolute atomic E-state index is 5.64. The van der Waals surface area contributed by atoms with Crippen molar-refractivity contribution in [2.45, 2.75) is 35.6 Å². The van der Waals surface area contributed by atoms with Crippen molar-refractivity contribution in [3.63, 3.8) is 0 Å². The van der Waals surface area contributed by atoms with Crippen molar-refractivity contribution in [1.29, 1.82) is 0 Å². The molecule has 1 aliphatic carbocycles. The molecule has 2 N–H and O–H groups in total. The van der Waals surface area contributed by atoms with Gasteiger partial charge in [0.25, 0.3) is 0 Å². The molecule has 0 atom stereocenters. The molecule has 0 spiro atoms. The number of nitrogens with two attached hydrogens (primary N) is 1. The number of hydrogen-bond acceptors (Lipinski definition) is 7. The molecule has 1 saturated carbocycles. The first-order valence-corrected chi connectivity index (χ1v) is 7.21. The van der Waals surface area contributed by atoms with Gasteiger partial charge in [-0.3, -0.25) is 0 Å². The number of aryl methyl sites for hydroxylation is 1. The Morgan fingerprint density at radius 3 is 2.94 bits per heavy atom. The van der Waals surface area contributed by atoms with Crippen molar-refractivity contribution >= 4 is 28.2 Å². The van der Waals surface area contributed by atoms with Crippen LogP contribution in [0.2, 0.25) is 0 Å². The second kappa shape index (κ2) is 4.30. The van der Waals surface area contributed by atoms with E-state index in [0.717, 1.165) is 15.7 Å². The molecule has 5 nitrogen and oxygen atoms in total. The fourth-order valence-electron chi connectivity index (χ4n) is 1.50. The molecule has 90 valence electrons. The Balaban J connectivity index is 1.64. The van der Waals surface area contributed by atoms with Crippen LogP contribution in [0.25, 0.3) is 0 Å². The third-order valence-electron chi connectivity index (χ3n) is 2.52. The van der Waals surface area contributed by atoms with E-state index in [9.17, 15) is 0 Å². The van der Waals surface area contributed by atoms with E-state index in [-0.39, 0.29) is 0 Å². The summed E-state index contributed by atoms with van der Waals surface area (Å²) < 4.78 is 6.32. The van der Waals surface area contributed by atoms with E-state index in [4.69, 9.17) is 10.3 Å². The molecule has 3 rings (SSSR count). The Kier molecular flexibility index (Phi) is 2.79. The highest BCUT2D eigenvalue weighted by molar-refractivity contribution is 8.00. The lowest BCUT2D eigenvalue weighted by molar-refractivity contribution is 0.385. The highest BCUT2D eigenvalue weighted by Gasteiger charge is 2.28. The predicted octanol–water partition coefficient (Wildman–Crippen LogP) is 2.59. The number of aromatic nitrogens is 3. The molecule has 0 radical (unpaired) electrons. The fourth-order valence-corrected chi connectivity index (χ4v) is 3.36. The normalized spacial score (nSPS) is 15.4. The van der Waals surface area contributed by atoms with Gasteiger partial charge in [0.05, 0.1) is 15.7 Å². The second-order valence-corrected chi connectivity index (χ2v) is 6.31. The Bertz CT molecular complexity index is 532. The van der Waals surface area contributed by atoms with Gasteiger partial charge in [0, 0.05) is 5.92 Å². The summed E-state index contributed by atoms with van der Waals surface area (Å²) in [5, 5.41) is 4.59. The van der Waals surface area contributed by atoms with Gasteiger partial charge in [-0.05, 0) is 19.8 Å². The first kappa shape index (κ1) is 11.0.